The Bertz CT molecular complexity index is 1240. The Morgan fingerprint density at radius 3 is 2.42 bits per heavy atom. The predicted molar refractivity (Wildman–Crippen MR) is 132 cm³/mol. The Morgan fingerprint density at radius 1 is 0.970 bits per heavy atom. The number of ether oxygens (including phenoxy) is 1. The maximum Gasteiger partial charge on any atom is 0.255 e. The quantitative estimate of drug-likeness (QED) is 0.450. The number of anilines is 2. The molecule has 0 aromatic heterocycles. The molecule has 0 saturated carbocycles. The lowest BCUT2D eigenvalue weighted by atomic mass is 10.1. The number of carbonyl (C=O) groups excluding carboxylic acids is 1. The Labute approximate surface area is 196 Å². The number of rotatable bonds is 9. The van der Waals surface area contributed by atoms with Gasteiger partial charge in [0.15, 0.2) is 9.84 Å². The molecule has 3 aromatic carbocycles. The molecule has 0 aliphatic heterocycles. The molecule has 0 atom stereocenters. The topological polar surface area (TPSA) is 75.7 Å². The normalized spacial score (nSPS) is 11.2. The average molecular weight is 467 g/mol. The fraction of sp³-hybridized carbons (Fsp3) is 0.269. The van der Waals surface area contributed by atoms with Crippen molar-refractivity contribution < 1.29 is 17.9 Å². The van der Waals surface area contributed by atoms with Gasteiger partial charge in [-0.05, 0) is 67.8 Å². The number of para-hydroxylation sites is 1. The van der Waals surface area contributed by atoms with Crippen molar-refractivity contribution in [1.29, 1.82) is 0 Å². The smallest absolute Gasteiger partial charge is 0.255 e. The third-order valence-corrected chi connectivity index (χ3v) is 6.63. The van der Waals surface area contributed by atoms with Gasteiger partial charge in [0.05, 0.1) is 22.8 Å². The van der Waals surface area contributed by atoms with Gasteiger partial charge < -0.3 is 15.0 Å². The first-order chi connectivity index (χ1) is 15.7. The highest BCUT2D eigenvalue weighted by molar-refractivity contribution is 7.90. The fourth-order valence-corrected chi connectivity index (χ4v) is 4.06. The molecule has 0 aliphatic carbocycles. The Morgan fingerprint density at radius 2 is 1.67 bits per heavy atom. The van der Waals surface area contributed by atoms with E-state index in [9.17, 15) is 13.2 Å². The van der Waals surface area contributed by atoms with Gasteiger partial charge in [-0.15, -0.1) is 0 Å². The molecule has 0 fully saturated rings. The van der Waals surface area contributed by atoms with Crippen molar-refractivity contribution in [3.8, 4) is 5.75 Å². The molecule has 1 amide bonds. The molecule has 0 saturated heterocycles. The van der Waals surface area contributed by atoms with E-state index in [4.69, 9.17) is 4.74 Å². The van der Waals surface area contributed by atoms with Gasteiger partial charge >= 0.3 is 0 Å². The first-order valence-corrected chi connectivity index (χ1v) is 12.7. The largest absolute Gasteiger partial charge is 0.493 e. The highest BCUT2D eigenvalue weighted by Crippen LogP contribution is 2.26. The maximum atomic E-state index is 13.1. The highest BCUT2D eigenvalue weighted by atomic mass is 32.2. The molecule has 0 bridgehead atoms. The highest BCUT2D eigenvalue weighted by Gasteiger charge is 2.16. The van der Waals surface area contributed by atoms with E-state index in [-0.39, 0.29) is 10.8 Å². The second-order valence-electron chi connectivity index (χ2n) is 8.09. The van der Waals surface area contributed by atoms with Crippen LogP contribution in [-0.4, -0.2) is 45.7 Å². The minimum atomic E-state index is -3.28. The Hall–Kier alpha value is -3.32. The predicted octanol–water partition coefficient (Wildman–Crippen LogP) is 4.99. The van der Waals surface area contributed by atoms with Gasteiger partial charge in [0.25, 0.3) is 5.91 Å². The SMILES string of the molecule is Cc1cccc(Nc2ccccc2C(=O)N(C)CCCOc2cccc(S(C)(=O)=O)c2)c1C. The summed E-state index contributed by atoms with van der Waals surface area (Å²) < 4.78 is 29.1. The van der Waals surface area contributed by atoms with Gasteiger partial charge in [0.1, 0.15) is 5.75 Å². The molecule has 3 rings (SSSR count). The lowest BCUT2D eigenvalue weighted by molar-refractivity contribution is 0.0789. The third kappa shape index (κ3) is 6.35. The summed E-state index contributed by atoms with van der Waals surface area (Å²) in [6.07, 6.45) is 1.78. The fourth-order valence-electron chi connectivity index (χ4n) is 3.40. The van der Waals surface area contributed by atoms with E-state index in [1.807, 2.05) is 36.4 Å². The minimum Gasteiger partial charge on any atom is -0.493 e. The van der Waals surface area contributed by atoms with Crippen LogP contribution >= 0.6 is 0 Å². The van der Waals surface area contributed by atoms with Crippen LogP contribution in [0.5, 0.6) is 5.75 Å². The monoisotopic (exact) mass is 466 g/mol. The van der Waals surface area contributed by atoms with E-state index in [1.165, 1.54) is 17.9 Å². The summed E-state index contributed by atoms with van der Waals surface area (Å²) >= 11 is 0. The number of amides is 1. The van der Waals surface area contributed by atoms with Crippen molar-refractivity contribution in [2.75, 3.05) is 31.8 Å². The molecule has 0 heterocycles. The van der Waals surface area contributed by atoms with E-state index in [2.05, 4.69) is 25.2 Å². The zero-order chi connectivity index (χ0) is 24.0. The second kappa shape index (κ2) is 10.5. The van der Waals surface area contributed by atoms with E-state index < -0.39 is 9.84 Å². The van der Waals surface area contributed by atoms with Crippen LogP contribution in [0, 0.1) is 13.8 Å². The zero-order valence-electron chi connectivity index (χ0n) is 19.5. The van der Waals surface area contributed by atoms with Gasteiger partial charge in [0.2, 0.25) is 0 Å². The minimum absolute atomic E-state index is 0.0810. The molecule has 33 heavy (non-hydrogen) atoms. The van der Waals surface area contributed by atoms with Crippen LogP contribution in [0.4, 0.5) is 11.4 Å². The Balaban J connectivity index is 1.60. The molecule has 1 N–H and O–H groups in total. The molecule has 6 nitrogen and oxygen atoms in total. The molecular formula is C26H30N2O4S. The lowest BCUT2D eigenvalue weighted by Gasteiger charge is -2.20. The summed E-state index contributed by atoms with van der Waals surface area (Å²) in [5.41, 5.74) is 4.66. The van der Waals surface area contributed by atoms with Crippen molar-refractivity contribution in [3.63, 3.8) is 0 Å². The van der Waals surface area contributed by atoms with Gasteiger partial charge in [-0.25, -0.2) is 8.42 Å². The number of aryl methyl sites for hydroxylation is 1. The summed E-state index contributed by atoms with van der Waals surface area (Å²) in [6, 6.07) is 20.0. The van der Waals surface area contributed by atoms with Crippen LogP contribution in [0.1, 0.15) is 27.9 Å². The van der Waals surface area contributed by atoms with Crippen molar-refractivity contribution in [3.05, 3.63) is 83.4 Å². The number of hydrogen-bond acceptors (Lipinski definition) is 5. The summed E-state index contributed by atoms with van der Waals surface area (Å²) in [7, 11) is -1.52. The van der Waals surface area contributed by atoms with E-state index in [0.717, 1.165) is 16.9 Å². The van der Waals surface area contributed by atoms with Crippen LogP contribution in [0.3, 0.4) is 0 Å². The molecule has 0 spiro atoms. The average Bonchev–Trinajstić information content (AvgIpc) is 2.79. The van der Waals surface area contributed by atoms with E-state index in [1.54, 1.807) is 30.1 Å². The molecule has 0 unspecified atom stereocenters. The summed E-state index contributed by atoms with van der Waals surface area (Å²) in [5.74, 6) is 0.414. The number of nitrogens with one attached hydrogen (secondary N) is 1. The van der Waals surface area contributed by atoms with Gasteiger partial charge in [-0.2, -0.15) is 0 Å². The summed E-state index contributed by atoms with van der Waals surface area (Å²) in [6.45, 7) is 4.99. The van der Waals surface area contributed by atoms with Gasteiger partial charge in [-0.3, -0.25) is 4.79 Å². The molecule has 7 heteroatoms. The number of hydrogen-bond donors (Lipinski definition) is 1. The first-order valence-electron chi connectivity index (χ1n) is 10.8. The van der Waals surface area contributed by atoms with Crippen LogP contribution < -0.4 is 10.1 Å². The Kier molecular flexibility index (Phi) is 7.76. The standard InChI is InChI=1S/C26H30N2O4S/c1-19-10-7-15-24(20(19)2)27-25-14-6-5-13-23(25)26(29)28(3)16-9-17-32-21-11-8-12-22(18-21)33(4,30)31/h5-8,10-15,18,27H,9,16-17H2,1-4H3. The van der Waals surface area contributed by atoms with Crippen LogP contribution in [-0.2, 0) is 9.84 Å². The first kappa shape index (κ1) is 24.3. The van der Waals surface area contributed by atoms with Crippen molar-refractivity contribution >= 4 is 27.1 Å². The van der Waals surface area contributed by atoms with Crippen molar-refractivity contribution in [1.82, 2.24) is 4.90 Å². The molecule has 3 aromatic rings. The molecular weight excluding hydrogens is 436 g/mol. The van der Waals surface area contributed by atoms with Crippen molar-refractivity contribution in [2.24, 2.45) is 0 Å². The van der Waals surface area contributed by atoms with Gasteiger partial charge in [-0.1, -0.05) is 30.3 Å². The summed E-state index contributed by atoms with van der Waals surface area (Å²) in [4.78, 5) is 15.0. The number of benzene rings is 3. The molecule has 0 aliphatic rings. The number of nitrogens with zero attached hydrogens (tertiary/aromatic N) is 1. The number of carbonyl (C=O) groups is 1. The third-order valence-electron chi connectivity index (χ3n) is 5.52. The lowest BCUT2D eigenvalue weighted by Crippen LogP contribution is -2.29. The van der Waals surface area contributed by atoms with Crippen LogP contribution in [0.25, 0.3) is 0 Å². The summed E-state index contributed by atoms with van der Waals surface area (Å²) in [5, 5.41) is 3.40. The van der Waals surface area contributed by atoms with E-state index >= 15 is 0 Å². The second-order valence-corrected chi connectivity index (χ2v) is 10.1. The number of sulfone groups is 1. The zero-order valence-corrected chi connectivity index (χ0v) is 20.3. The van der Waals surface area contributed by atoms with Crippen molar-refractivity contribution in [2.45, 2.75) is 25.2 Å². The van der Waals surface area contributed by atoms with Crippen LogP contribution in [0.2, 0.25) is 0 Å². The van der Waals surface area contributed by atoms with Gasteiger partial charge in [0, 0.05) is 25.5 Å². The van der Waals surface area contributed by atoms with Crippen LogP contribution in [0.15, 0.2) is 71.6 Å². The van der Waals surface area contributed by atoms with E-state index in [0.29, 0.717) is 30.9 Å². The molecule has 0 radical (unpaired) electrons. The molecule has 174 valence electrons. The maximum absolute atomic E-state index is 13.1.